The van der Waals surface area contributed by atoms with Crippen molar-refractivity contribution in [3.63, 3.8) is 0 Å². The van der Waals surface area contributed by atoms with Crippen LogP contribution in [0.25, 0.3) is 0 Å². The molecule has 0 spiro atoms. The Morgan fingerprint density at radius 1 is 1.17 bits per heavy atom. The van der Waals surface area contributed by atoms with Gasteiger partial charge in [-0.3, -0.25) is 0 Å². The fourth-order valence-electron chi connectivity index (χ4n) is 1.71. The summed E-state index contributed by atoms with van der Waals surface area (Å²) in [4.78, 5) is 0. The van der Waals surface area contributed by atoms with E-state index in [1.54, 1.807) is 6.07 Å². The van der Waals surface area contributed by atoms with Crippen molar-refractivity contribution < 1.29 is 14.2 Å². The lowest BCUT2D eigenvalue weighted by Crippen LogP contribution is -1.99. The number of aliphatic hydroxyl groups excluding tert-OH is 1. The van der Waals surface area contributed by atoms with Gasteiger partial charge in [0.05, 0.1) is 6.61 Å². The largest absolute Gasteiger partial charge is 0.486 e. The van der Waals surface area contributed by atoms with Gasteiger partial charge < -0.3 is 9.84 Å². The lowest BCUT2D eigenvalue weighted by atomic mass is 10.1. The predicted octanol–water partition coefficient (Wildman–Crippen LogP) is 3.21. The van der Waals surface area contributed by atoms with Crippen LogP contribution in [0.1, 0.15) is 16.7 Å². The van der Waals surface area contributed by atoms with Gasteiger partial charge in [-0.05, 0) is 35.7 Å². The van der Waals surface area contributed by atoms with Gasteiger partial charge in [0.25, 0.3) is 0 Å². The lowest BCUT2D eigenvalue weighted by molar-refractivity contribution is 0.275. The van der Waals surface area contributed by atoms with Crippen molar-refractivity contribution in [2.24, 2.45) is 0 Å². The van der Waals surface area contributed by atoms with Gasteiger partial charge in [-0.25, -0.2) is 4.39 Å². The molecule has 0 saturated carbocycles. The van der Waals surface area contributed by atoms with Crippen LogP contribution in [0.15, 0.2) is 42.5 Å². The van der Waals surface area contributed by atoms with Crippen molar-refractivity contribution in [1.29, 1.82) is 0 Å². The Balaban J connectivity index is 2.13. The van der Waals surface area contributed by atoms with Crippen LogP contribution in [0, 0.1) is 12.7 Å². The molecule has 0 aliphatic heterocycles. The first-order chi connectivity index (χ1) is 8.70. The molecular weight excluding hydrogens is 231 g/mol. The van der Waals surface area contributed by atoms with Gasteiger partial charge in [-0.15, -0.1) is 0 Å². The molecule has 0 unspecified atom stereocenters. The Hall–Kier alpha value is -1.87. The zero-order valence-corrected chi connectivity index (χ0v) is 10.2. The minimum atomic E-state index is -0.444. The molecule has 0 radical (unpaired) electrons. The number of ether oxygens (including phenoxy) is 1. The maximum atomic E-state index is 13.7. The molecule has 3 heteroatoms. The van der Waals surface area contributed by atoms with Crippen molar-refractivity contribution in [1.82, 2.24) is 0 Å². The van der Waals surface area contributed by atoms with E-state index in [1.807, 2.05) is 37.3 Å². The summed E-state index contributed by atoms with van der Waals surface area (Å²) in [5, 5.41) is 9.03. The number of aliphatic hydroxyl groups is 1. The second-order valence-electron chi connectivity index (χ2n) is 4.14. The zero-order valence-electron chi connectivity index (χ0n) is 10.2. The molecule has 0 aliphatic carbocycles. The van der Waals surface area contributed by atoms with Crippen molar-refractivity contribution >= 4 is 0 Å². The molecule has 18 heavy (non-hydrogen) atoms. The third-order valence-corrected chi connectivity index (χ3v) is 2.80. The smallest absolute Gasteiger partial charge is 0.165 e. The predicted molar refractivity (Wildman–Crippen MR) is 67.8 cm³/mol. The maximum Gasteiger partial charge on any atom is 0.165 e. The molecule has 2 rings (SSSR count). The van der Waals surface area contributed by atoms with Crippen molar-refractivity contribution in [3.05, 3.63) is 65.0 Å². The Labute approximate surface area is 106 Å². The highest BCUT2D eigenvalue weighted by atomic mass is 19.1. The summed E-state index contributed by atoms with van der Waals surface area (Å²) in [5.74, 6) is -0.228. The van der Waals surface area contributed by atoms with Crippen LogP contribution < -0.4 is 4.74 Å². The highest BCUT2D eigenvalue weighted by Crippen LogP contribution is 2.23. The fraction of sp³-hybridized carbons (Fsp3) is 0.200. The Kier molecular flexibility index (Phi) is 3.95. The summed E-state index contributed by atoms with van der Waals surface area (Å²) in [7, 11) is 0. The quantitative estimate of drug-likeness (QED) is 0.897. The molecule has 0 bridgehead atoms. The van der Waals surface area contributed by atoms with E-state index >= 15 is 0 Å². The van der Waals surface area contributed by atoms with E-state index in [0.29, 0.717) is 12.2 Å². The molecule has 0 aliphatic rings. The SMILES string of the molecule is Cc1cc(OCc2ccccc2)c(F)cc1CO. The standard InChI is InChI=1S/C15H15FO2/c1-11-7-15(14(16)8-13(11)9-17)18-10-12-5-3-2-4-6-12/h2-8,17H,9-10H2,1H3. The van der Waals surface area contributed by atoms with Gasteiger partial charge in [-0.1, -0.05) is 30.3 Å². The average Bonchev–Trinajstić information content (AvgIpc) is 2.40. The molecule has 1 N–H and O–H groups in total. The number of halogens is 1. The maximum absolute atomic E-state index is 13.7. The molecule has 0 fully saturated rings. The first-order valence-corrected chi connectivity index (χ1v) is 5.77. The van der Waals surface area contributed by atoms with E-state index in [-0.39, 0.29) is 12.4 Å². The number of aryl methyl sites for hydroxylation is 1. The summed E-state index contributed by atoms with van der Waals surface area (Å²) in [6.07, 6.45) is 0. The van der Waals surface area contributed by atoms with E-state index in [2.05, 4.69) is 0 Å². The molecule has 2 aromatic rings. The van der Waals surface area contributed by atoms with Gasteiger partial charge in [0, 0.05) is 0 Å². The van der Waals surface area contributed by atoms with Gasteiger partial charge in [-0.2, -0.15) is 0 Å². The first-order valence-electron chi connectivity index (χ1n) is 5.77. The summed E-state index contributed by atoms with van der Waals surface area (Å²) in [6.45, 7) is 1.98. The molecule has 94 valence electrons. The minimum absolute atomic E-state index is 0.165. The summed E-state index contributed by atoms with van der Waals surface area (Å²) >= 11 is 0. The van der Waals surface area contributed by atoms with Gasteiger partial charge in [0.15, 0.2) is 11.6 Å². The highest BCUT2D eigenvalue weighted by Gasteiger charge is 2.08. The summed E-state index contributed by atoms with van der Waals surface area (Å²) in [5.41, 5.74) is 2.39. The molecule has 0 amide bonds. The average molecular weight is 246 g/mol. The van der Waals surface area contributed by atoms with Gasteiger partial charge in [0.1, 0.15) is 6.61 Å². The third kappa shape index (κ3) is 2.87. The van der Waals surface area contributed by atoms with Crippen LogP contribution in [-0.2, 0) is 13.2 Å². The van der Waals surface area contributed by atoms with E-state index in [0.717, 1.165) is 11.1 Å². The Morgan fingerprint density at radius 2 is 1.89 bits per heavy atom. The van der Waals surface area contributed by atoms with Crippen molar-refractivity contribution in [2.75, 3.05) is 0 Å². The highest BCUT2D eigenvalue weighted by molar-refractivity contribution is 5.36. The van der Waals surface area contributed by atoms with Crippen LogP contribution in [0.3, 0.4) is 0 Å². The molecule has 0 atom stereocenters. The van der Waals surface area contributed by atoms with Crippen LogP contribution in [-0.4, -0.2) is 5.11 Å². The van der Waals surface area contributed by atoms with E-state index in [1.165, 1.54) is 6.07 Å². The van der Waals surface area contributed by atoms with Gasteiger partial charge in [0.2, 0.25) is 0 Å². The fourth-order valence-corrected chi connectivity index (χ4v) is 1.71. The third-order valence-electron chi connectivity index (χ3n) is 2.80. The second-order valence-corrected chi connectivity index (χ2v) is 4.14. The number of hydrogen-bond acceptors (Lipinski definition) is 2. The minimum Gasteiger partial charge on any atom is -0.486 e. The number of hydrogen-bond donors (Lipinski definition) is 1. The Bertz CT molecular complexity index is 524. The summed E-state index contributed by atoms with van der Waals surface area (Å²) in [6, 6.07) is 12.5. The monoisotopic (exact) mass is 246 g/mol. The number of rotatable bonds is 4. The molecule has 2 aromatic carbocycles. The van der Waals surface area contributed by atoms with Crippen LogP contribution >= 0.6 is 0 Å². The molecule has 0 saturated heterocycles. The summed E-state index contributed by atoms with van der Waals surface area (Å²) < 4.78 is 19.1. The van der Waals surface area contributed by atoms with Crippen LogP contribution in [0.4, 0.5) is 4.39 Å². The molecular formula is C15H15FO2. The van der Waals surface area contributed by atoms with E-state index in [4.69, 9.17) is 9.84 Å². The molecule has 0 aromatic heterocycles. The lowest BCUT2D eigenvalue weighted by Gasteiger charge is -2.10. The zero-order chi connectivity index (χ0) is 13.0. The Morgan fingerprint density at radius 3 is 2.56 bits per heavy atom. The van der Waals surface area contributed by atoms with Crippen LogP contribution in [0.2, 0.25) is 0 Å². The normalized spacial score (nSPS) is 10.4. The van der Waals surface area contributed by atoms with Crippen molar-refractivity contribution in [2.45, 2.75) is 20.1 Å². The van der Waals surface area contributed by atoms with Crippen LogP contribution in [0.5, 0.6) is 5.75 Å². The van der Waals surface area contributed by atoms with E-state index < -0.39 is 5.82 Å². The molecule has 2 nitrogen and oxygen atoms in total. The first kappa shape index (κ1) is 12.6. The van der Waals surface area contributed by atoms with Crippen molar-refractivity contribution in [3.8, 4) is 5.75 Å². The molecule has 0 heterocycles. The van der Waals surface area contributed by atoms with Gasteiger partial charge >= 0.3 is 0 Å². The second kappa shape index (κ2) is 5.65. The van der Waals surface area contributed by atoms with E-state index in [9.17, 15) is 4.39 Å². The topological polar surface area (TPSA) is 29.5 Å². The number of benzene rings is 2.